The zero-order chi connectivity index (χ0) is 12.6. The predicted octanol–water partition coefficient (Wildman–Crippen LogP) is 3.83. The number of benzene rings is 1. The molecule has 0 aliphatic heterocycles. The standard InChI is InChI=1S/C13H15Cl2NO/c1-7-5-12(15)10(6-11(7)14)13(17)16-8(2)9-3-4-9/h5-6,8-9H,3-4H2,1-2H3,(H,16,17)/t8-/m1/s1. The molecule has 2 rings (SSSR count). The highest BCUT2D eigenvalue weighted by Gasteiger charge is 2.29. The highest BCUT2D eigenvalue weighted by molar-refractivity contribution is 6.36. The molecule has 0 saturated heterocycles. The second kappa shape index (κ2) is 4.87. The molecule has 1 aliphatic carbocycles. The molecule has 1 amide bonds. The van der Waals surface area contributed by atoms with E-state index in [1.807, 2.05) is 13.8 Å². The van der Waals surface area contributed by atoms with E-state index in [4.69, 9.17) is 23.2 Å². The van der Waals surface area contributed by atoms with Crippen molar-refractivity contribution >= 4 is 29.1 Å². The molecule has 2 nitrogen and oxygen atoms in total. The van der Waals surface area contributed by atoms with Crippen LogP contribution in [0.4, 0.5) is 0 Å². The molecule has 1 N–H and O–H groups in total. The van der Waals surface area contributed by atoms with Gasteiger partial charge in [-0.2, -0.15) is 0 Å². The molecule has 1 aromatic rings. The summed E-state index contributed by atoms with van der Waals surface area (Å²) in [5, 5.41) is 3.98. The van der Waals surface area contributed by atoms with E-state index in [-0.39, 0.29) is 11.9 Å². The first-order chi connectivity index (χ1) is 7.99. The van der Waals surface area contributed by atoms with Gasteiger partial charge in [0.2, 0.25) is 0 Å². The number of amides is 1. The van der Waals surface area contributed by atoms with Crippen molar-refractivity contribution in [3.05, 3.63) is 33.3 Å². The summed E-state index contributed by atoms with van der Waals surface area (Å²) >= 11 is 12.1. The quantitative estimate of drug-likeness (QED) is 0.890. The van der Waals surface area contributed by atoms with Gasteiger partial charge in [0.25, 0.3) is 5.91 Å². The summed E-state index contributed by atoms with van der Waals surface area (Å²) in [7, 11) is 0. The molecule has 1 atom stereocenters. The summed E-state index contributed by atoms with van der Waals surface area (Å²) in [6.45, 7) is 3.89. The molecular formula is C13H15Cl2NO. The molecular weight excluding hydrogens is 257 g/mol. The van der Waals surface area contributed by atoms with E-state index in [2.05, 4.69) is 5.32 Å². The number of aryl methyl sites for hydroxylation is 1. The SMILES string of the molecule is Cc1cc(Cl)c(C(=O)N[C@H](C)C2CC2)cc1Cl. The smallest absolute Gasteiger partial charge is 0.253 e. The van der Waals surface area contributed by atoms with E-state index in [1.165, 1.54) is 12.8 Å². The van der Waals surface area contributed by atoms with Gasteiger partial charge in [-0.15, -0.1) is 0 Å². The van der Waals surface area contributed by atoms with Crippen LogP contribution >= 0.6 is 23.2 Å². The molecule has 1 aliphatic rings. The Hall–Kier alpha value is -0.730. The molecule has 0 spiro atoms. The van der Waals surface area contributed by atoms with Crippen molar-refractivity contribution in [2.75, 3.05) is 0 Å². The maximum atomic E-state index is 12.0. The second-order valence-corrected chi connectivity index (χ2v) is 5.50. The molecule has 0 bridgehead atoms. The summed E-state index contributed by atoms with van der Waals surface area (Å²) in [5.41, 5.74) is 1.33. The number of halogens is 2. The van der Waals surface area contributed by atoms with Crippen LogP contribution in [0.15, 0.2) is 12.1 Å². The maximum absolute atomic E-state index is 12.0. The Morgan fingerprint density at radius 1 is 1.35 bits per heavy atom. The minimum atomic E-state index is -0.142. The molecule has 0 unspecified atom stereocenters. The van der Waals surface area contributed by atoms with Crippen molar-refractivity contribution in [3.8, 4) is 0 Å². The molecule has 1 saturated carbocycles. The Morgan fingerprint density at radius 3 is 2.59 bits per heavy atom. The zero-order valence-electron chi connectivity index (χ0n) is 9.89. The van der Waals surface area contributed by atoms with E-state index in [0.717, 1.165) is 5.56 Å². The van der Waals surface area contributed by atoms with Crippen LogP contribution in [-0.2, 0) is 0 Å². The van der Waals surface area contributed by atoms with Gasteiger partial charge in [0.05, 0.1) is 10.6 Å². The molecule has 17 heavy (non-hydrogen) atoms. The Kier molecular flexibility index (Phi) is 3.64. The lowest BCUT2D eigenvalue weighted by Gasteiger charge is -2.14. The first kappa shape index (κ1) is 12.7. The average Bonchev–Trinajstić information content (AvgIpc) is 3.06. The molecule has 92 valence electrons. The van der Waals surface area contributed by atoms with Crippen LogP contribution in [0.5, 0.6) is 0 Å². The minimum Gasteiger partial charge on any atom is -0.349 e. The van der Waals surface area contributed by atoms with Crippen molar-refractivity contribution in [1.82, 2.24) is 5.32 Å². The fourth-order valence-corrected chi connectivity index (χ4v) is 2.29. The lowest BCUT2D eigenvalue weighted by atomic mass is 10.1. The highest BCUT2D eigenvalue weighted by atomic mass is 35.5. The molecule has 0 aromatic heterocycles. The van der Waals surface area contributed by atoms with Crippen LogP contribution in [0.1, 0.15) is 35.7 Å². The van der Waals surface area contributed by atoms with E-state index in [9.17, 15) is 4.79 Å². The van der Waals surface area contributed by atoms with Gasteiger partial charge in [-0.25, -0.2) is 0 Å². The second-order valence-electron chi connectivity index (χ2n) is 4.68. The zero-order valence-corrected chi connectivity index (χ0v) is 11.4. The summed E-state index contributed by atoms with van der Waals surface area (Å²) in [6, 6.07) is 3.56. The Bertz CT molecular complexity index is 455. The predicted molar refractivity (Wildman–Crippen MR) is 70.9 cm³/mol. The van der Waals surface area contributed by atoms with Crippen molar-refractivity contribution < 1.29 is 4.79 Å². The molecule has 1 fully saturated rings. The molecule has 0 heterocycles. The topological polar surface area (TPSA) is 29.1 Å². The van der Waals surface area contributed by atoms with Gasteiger partial charge < -0.3 is 5.32 Å². The van der Waals surface area contributed by atoms with Crippen LogP contribution in [0, 0.1) is 12.8 Å². The van der Waals surface area contributed by atoms with Crippen LogP contribution in [0.3, 0.4) is 0 Å². The first-order valence-corrected chi connectivity index (χ1v) is 6.51. The van der Waals surface area contributed by atoms with Gasteiger partial charge >= 0.3 is 0 Å². The van der Waals surface area contributed by atoms with E-state index in [1.54, 1.807) is 12.1 Å². The van der Waals surface area contributed by atoms with Crippen LogP contribution < -0.4 is 5.32 Å². The fraction of sp³-hybridized carbons (Fsp3) is 0.462. The number of nitrogens with one attached hydrogen (secondary N) is 1. The normalized spacial score (nSPS) is 16.7. The Morgan fingerprint density at radius 2 is 2.00 bits per heavy atom. The summed E-state index contributed by atoms with van der Waals surface area (Å²) < 4.78 is 0. The van der Waals surface area contributed by atoms with Crippen LogP contribution in [-0.4, -0.2) is 11.9 Å². The molecule has 1 aromatic carbocycles. The number of carbonyl (C=O) groups is 1. The number of hydrogen-bond acceptors (Lipinski definition) is 1. The van der Waals surface area contributed by atoms with Gasteiger partial charge in [0.15, 0.2) is 0 Å². The molecule has 4 heteroatoms. The van der Waals surface area contributed by atoms with Crippen molar-refractivity contribution in [3.63, 3.8) is 0 Å². The lowest BCUT2D eigenvalue weighted by Crippen LogP contribution is -2.34. The summed E-state index contributed by atoms with van der Waals surface area (Å²) in [6.07, 6.45) is 2.40. The Labute approximate surface area is 111 Å². The number of carbonyl (C=O) groups excluding carboxylic acids is 1. The van der Waals surface area contributed by atoms with Crippen molar-refractivity contribution in [2.24, 2.45) is 5.92 Å². The van der Waals surface area contributed by atoms with Gasteiger partial charge in [-0.05, 0) is 50.3 Å². The van der Waals surface area contributed by atoms with Crippen molar-refractivity contribution in [2.45, 2.75) is 32.7 Å². The first-order valence-electron chi connectivity index (χ1n) is 5.75. The van der Waals surface area contributed by atoms with Gasteiger partial charge in [0.1, 0.15) is 0 Å². The van der Waals surface area contributed by atoms with Crippen LogP contribution in [0.25, 0.3) is 0 Å². The number of hydrogen-bond donors (Lipinski definition) is 1. The lowest BCUT2D eigenvalue weighted by molar-refractivity contribution is 0.0936. The minimum absolute atomic E-state index is 0.142. The number of rotatable bonds is 3. The van der Waals surface area contributed by atoms with Crippen molar-refractivity contribution in [1.29, 1.82) is 0 Å². The highest BCUT2D eigenvalue weighted by Crippen LogP contribution is 2.32. The third kappa shape index (κ3) is 2.93. The van der Waals surface area contributed by atoms with Gasteiger partial charge in [-0.3, -0.25) is 4.79 Å². The monoisotopic (exact) mass is 271 g/mol. The third-order valence-corrected chi connectivity index (χ3v) is 3.90. The van der Waals surface area contributed by atoms with Gasteiger partial charge in [-0.1, -0.05) is 23.2 Å². The van der Waals surface area contributed by atoms with Crippen LogP contribution in [0.2, 0.25) is 10.0 Å². The van der Waals surface area contributed by atoms with E-state index < -0.39 is 0 Å². The maximum Gasteiger partial charge on any atom is 0.253 e. The fourth-order valence-electron chi connectivity index (χ4n) is 1.82. The van der Waals surface area contributed by atoms with E-state index >= 15 is 0 Å². The summed E-state index contributed by atoms with van der Waals surface area (Å²) in [5.74, 6) is 0.481. The average molecular weight is 272 g/mol. The molecule has 0 radical (unpaired) electrons. The third-order valence-electron chi connectivity index (χ3n) is 3.18. The largest absolute Gasteiger partial charge is 0.349 e. The van der Waals surface area contributed by atoms with E-state index in [0.29, 0.717) is 21.5 Å². The Balaban J connectivity index is 2.15. The summed E-state index contributed by atoms with van der Waals surface area (Å²) in [4.78, 5) is 12.0. The van der Waals surface area contributed by atoms with Gasteiger partial charge in [0, 0.05) is 11.1 Å².